The summed E-state index contributed by atoms with van der Waals surface area (Å²) in [7, 11) is 0. The second kappa shape index (κ2) is 13.8. The van der Waals surface area contributed by atoms with Gasteiger partial charge < -0.3 is 14.9 Å². The van der Waals surface area contributed by atoms with Gasteiger partial charge in [0.05, 0.1) is 0 Å². The molecule has 0 saturated heterocycles. The maximum Gasteiger partial charge on any atom is 0.0461 e. The van der Waals surface area contributed by atoms with Gasteiger partial charge in [0, 0.05) is 49.6 Å². The zero-order chi connectivity index (χ0) is 25.1. The smallest absolute Gasteiger partial charge is 0.0461 e. The van der Waals surface area contributed by atoms with Crippen LogP contribution in [0.5, 0.6) is 0 Å². The molecule has 187 valence electrons. The molecule has 0 unspecified atom stereocenters. The fraction of sp³-hybridized carbons (Fsp3) is 0. The van der Waals surface area contributed by atoms with E-state index in [2.05, 4.69) is 81.6 Å². The van der Waals surface area contributed by atoms with Crippen molar-refractivity contribution >= 4 is 17.1 Å². The first-order valence-corrected chi connectivity index (χ1v) is 12.1. The zero-order valence-electron chi connectivity index (χ0n) is 20.6. The number of para-hydroxylation sites is 2. The van der Waals surface area contributed by atoms with E-state index in [-0.39, 0.29) is 20.1 Å². The molecular formula is C34H25IrN3-2. The van der Waals surface area contributed by atoms with Gasteiger partial charge in [-0.05, 0) is 47.8 Å². The normalized spacial score (nSPS) is 9.89. The Morgan fingerprint density at radius 1 is 0.447 bits per heavy atom. The number of hydrogen-bond acceptors (Lipinski definition) is 3. The van der Waals surface area contributed by atoms with Gasteiger partial charge in [0.1, 0.15) is 0 Å². The van der Waals surface area contributed by atoms with Gasteiger partial charge in [0.2, 0.25) is 0 Å². The minimum Gasteiger partial charge on any atom is -0.311 e. The molecule has 0 aliphatic rings. The topological polar surface area (TPSA) is 29.0 Å². The summed E-state index contributed by atoms with van der Waals surface area (Å²) in [6.45, 7) is 0. The van der Waals surface area contributed by atoms with Crippen molar-refractivity contribution in [1.82, 2.24) is 9.97 Å². The first kappa shape index (κ1) is 26.7. The Labute approximate surface area is 237 Å². The predicted octanol–water partition coefficient (Wildman–Crippen LogP) is 8.56. The molecule has 0 aliphatic heterocycles. The summed E-state index contributed by atoms with van der Waals surface area (Å²) in [5.41, 5.74) is 7.21. The van der Waals surface area contributed by atoms with Crippen molar-refractivity contribution in [3.63, 3.8) is 0 Å². The molecule has 0 aliphatic carbocycles. The minimum atomic E-state index is 0. The Hall–Kier alpha value is -4.37. The number of hydrogen-bond donors (Lipinski definition) is 0. The number of benzene rings is 4. The van der Waals surface area contributed by atoms with Crippen molar-refractivity contribution in [2.45, 2.75) is 0 Å². The maximum absolute atomic E-state index is 4.52. The first-order valence-electron chi connectivity index (χ1n) is 12.1. The van der Waals surface area contributed by atoms with Crippen LogP contribution in [0.4, 0.5) is 17.1 Å². The number of pyridine rings is 2. The SMILES string of the molecule is [Ir].[c-]1ccccc1-c1cc(N(c2ccccc2)c2ccccc2)ccn1.[c-]1ccccc1-c1ccccn1. The van der Waals surface area contributed by atoms with Crippen LogP contribution in [0.3, 0.4) is 0 Å². The van der Waals surface area contributed by atoms with E-state index in [9.17, 15) is 0 Å². The van der Waals surface area contributed by atoms with Crippen LogP contribution < -0.4 is 4.90 Å². The molecule has 1 radical (unpaired) electrons. The fourth-order valence-corrected chi connectivity index (χ4v) is 3.93. The molecule has 6 aromatic rings. The average Bonchev–Trinajstić information content (AvgIpc) is 3.00. The van der Waals surface area contributed by atoms with E-state index in [1.807, 2.05) is 91.1 Å². The van der Waals surface area contributed by atoms with Gasteiger partial charge in [0.15, 0.2) is 0 Å². The quantitative estimate of drug-likeness (QED) is 0.173. The standard InChI is InChI=1S/C23H17N2.C11H8N.Ir/c1-4-10-19(11-5-1)23-18-22(16-17-24-23)25(20-12-6-2-7-13-20)21-14-8-3-9-15-21;1-2-6-10(7-3-1)11-8-4-5-9-12-11;/h1-10,12-18H;1-6,8-9H;/q2*-1;. The second-order valence-corrected chi connectivity index (χ2v) is 8.17. The molecule has 2 heterocycles. The van der Waals surface area contributed by atoms with Gasteiger partial charge >= 0.3 is 0 Å². The summed E-state index contributed by atoms with van der Waals surface area (Å²) in [6.07, 6.45) is 3.64. The molecule has 0 bridgehead atoms. The van der Waals surface area contributed by atoms with E-state index in [4.69, 9.17) is 0 Å². The third kappa shape index (κ3) is 6.89. The fourth-order valence-electron chi connectivity index (χ4n) is 3.93. The number of rotatable bonds is 5. The van der Waals surface area contributed by atoms with Crippen LogP contribution in [-0.2, 0) is 20.1 Å². The Morgan fingerprint density at radius 2 is 0.974 bits per heavy atom. The van der Waals surface area contributed by atoms with E-state index < -0.39 is 0 Å². The molecule has 38 heavy (non-hydrogen) atoms. The van der Waals surface area contributed by atoms with Crippen LogP contribution in [-0.4, -0.2) is 9.97 Å². The first-order chi connectivity index (χ1) is 18.4. The van der Waals surface area contributed by atoms with Gasteiger partial charge in [-0.3, -0.25) is 0 Å². The van der Waals surface area contributed by atoms with Crippen LogP contribution in [0.25, 0.3) is 22.5 Å². The van der Waals surface area contributed by atoms with E-state index in [1.54, 1.807) is 6.20 Å². The summed E-state index contributed by atoms with van der Waals surface area (Å²) >= 11 is 0. The Bertz CT molecular complexity index is 1420. The molecule has 0 amide bonds. The summed E-state index contributed by atoms with van der Waals surface area (Å²) in [5.74, 6) is 0. The molecule has 0 fully saturated rings. The van der Waals surface area contributed by atoms with E-state index in [1.165, 1.54) is 0 Å². The summed E-state index contributed by atoms with van der Waals surface area (Å²) < 4.78 is 0. The van der Waals surface area contributed by atoms with E-state index in [0.717, 1.165) is 39.6 Å². The third-order valence-electron chi connectivity index (χ3n) is 5.67. The van der Waals surface area contributed by atoms with Crippen molar-refractivity contribution < 1.29 is 20.1 Å². The van der Waals surface area contributed by atoms with Crippen molar-refractivity contribution in [3.8, 4) is 22.5 Å². The monoisotopic (exact) mass is 668 g/mol. The summed E-state index contributed by atoms with van der Waals surface area (Å²) in [5, 5.41) is 0. The van der Waals surface area contributed by atoms with Crippen LogP contribution in [0, 0.1) is 12.1 Å². The minimum absolute atomic E-state index is 0. The maximum atomic E-state index is 4.52. The van der Waals surface area contributed by atoms with Crippen LogP contribution >= 0.6 is 0 Å². The second-order valence-electron chi connectivity index (χ2n) is 8.17. The number of aromatic nitrogens is 2. The van der Waals surface area contributed by atoms with Crippen LogP contribution in [0.2, 0.25) is 0 Å². The molecule has 0 N–H and O–H groups in total. The Balaban J connectivity index is 0.000000218. The molecule has 0 atom stereocenters. The van der Waals surface area contributed by atoms with Crippen LogP contribution in [0.15, 0.2) is 152 Å². The molecule has 0 saturated carbocycles. The number of anilines is 3. The Kier molecular flexibility index (Phi) is 9.69. The predicted molar refractivity (Wildman–Crippen MR) is 152 cm³/mol. The van der Waals surface area contributed by atoms with Gasteiger partial charge in [-0.15, -0.1) is 71.8 Å². The van der Waals surface area contributed by atoms with E-state index >= 15 is 0 Å². The zero-order valence-corrected chi connectivity index (χ0v) is 23.0. The molecule has 6 rings (SSSR count). The number of nitrogens with zero attached hydrogens (tertiary/aromatic N) is 3. The Morgan fingerprint density at radius 3 is 1.50 bits per heavy atom. The van der Waals surface area contributed by atoms with Crippen molar-refractivity contribution in [3.05, 3.63) is 164 Å². The molecule has 0 spiro atoms. The molecular weight excluding hydrogens is 643 g/mol. The van der Waals surface area contributed by atoms with Crippen molar-refractivity contribution in [2.75, 3.05) is 4.90 Å². The third-order valence-corrected chi connectivity index (χ3v) is 5.67. The molecule has 4 heteroatoms. The van der Waals surface area contributed by atoms with Crippen molar-refractivity contribution in [2.24, 2.45) is 0 Å². The van der Waals surface area contributed by atoms with Crippen LogP contribution in [0.1, 0.15) is 0 Å². The molecule has 4 aromatic carbocycles. The molecule has 2 aromatic heterocycles. The summed E-state index contributed by atoms with van der Waals surface area (Å²) in [6, 6.07) is 52.8. The largest absolute Gasteiger partial charge is 0.311 e. The molecule has 3 nitrogen and oxygen atoms in total. The summed E-state index contributed by atoms with van der Waals surface area (Å²) in [4.78, 5) is 11.0. The van der Waals surface area contributed by atoms with Gasteiger partial charge in [-0.1, -0.05) is 54.6 Å². The van der Waals surface area contributed by atoms with Gasteiger partial charge in [-0.2, -0.15) is 0 Å². The average molecular weight is 668 g/mol. The van der Waals surface area contributed by atoms with Gasteiger partial charge in [0.25, 0.3) is 0 Å². The van der Waals surface area contributed by atoms with Gasteiger partial charge in [-0.25, -0.2) is 0 Å². The van der Waals surface area contributed by atoms with Crippen molar-refractivity contribution in [1.29, 1.82) is 0 Å². The van der Waals surface area contributed by atoms with E-state index in [0.29, 0.717) is 0 Å².